The molecular formula is C16H18F3N3O4. The summed E-state index contributed by atoms with van der Waals surface area (Å²) in [6.07, 6.45) is -4.21. The van der Waals surface area contributed by atoms with E-state index in [2.05, 4.69) is 10.3 Å². The lowest BCUT2D eigenvalue weighted by Gasteiger charge is -2.27. The third-order valence-electron chi connectivity index (χ3n) is 4.85. The molecule has 7 nitrogen and oxygen atoms in total. The van der Waals surface area contributed by atoms with Crippen molar-refractivity contribution in [2.45, 2.75) is 50.6 Å². The lowest BCUT2D eigenvalue weighted by atomic mass is 9.88. The maximum absolute atomic E-state index is 13.2. The van der Waals surface area contributed by atoms with Crippen LogP contribution in [0.15, 0.2) is 10.6 Å². The Morgan fingerprint density at radius 3 is 2.81 bits per heavy atom. The Kier molecular flexibility index (Phi) is 3.81. The summed E-state index contributed by atoms with van der Waals surface area (Å²) in [5.74, 6) is 0.166. The molecule has 2 aliphatic heterocycles. The minimum atomic E-state index is -4.87. The van der Waals surface area contributed by atoms with Gasteiger partial charge in [-0.05, 0) is 6.92 Å². The molecule has 0 aromatic carbocycles. The third-order valence-corrected chi connectivity index (χ3v) is 4.85. The first-order valence-corrected chi connectivity index (χ1v) is 8.30. The third kappa shape index (κ3) is 2.59. The smallest absolute Gasteiger partial charge is 0.422 e. The van der Waals surface area contributed by atoms with E-state index in [0.717, 1.165) is 6.42 Å². The van der Waals surface area contributed by atoms with E-state index in [4.69, 9.17) is 14.0 Å². The van der Waals surface area contributed by atoms with Crippen LogP contribution >= 0.6 is 0 Å². The van der Waals surface area contributed by atoms with Crippen molar-refractivity contribution < 1.29 is 32.3 Å². The van der Waals surface area contributed by atoms with Gasteiger partial charge in [0.2, 0.25) is 11.5 Å². The van der Waals surface area contributed by atoms with Crippen LogP contribution in [0.3, 0.4) is 0 Å². The van der Waals surface area contributed by atoms with Crippen molar-refractivity contribution in [3.63, 3.8) is 0 Å². The Morgan fingerprint density at radius 2 is 2.15 bits per heavy atom. The van der Waals surface area contributed by atoms with Crippen molar-refractivity contribution >= 4 is 0 Å². The molecule has 142 valence electrons. The molecule has 0 radical (unpaired) electrons. The minimum absolute atomic E-state index is 0.0971. The van der Waals surface area contributed by atoms with Gasteiger partial charge in [-0.2, -0.15) is 13.2 Å². The second kappa shape index (κ2) is 5.71. The Bertz CT molecular complexity index is 821. The summed E-state index contributed by atoms with van der Waals surface area (Å²) < 4.78 is 57.6. The number of halogens is 3. The number of fused-ring (bicyclic) bond motifs is 3. The quantitative estimate of drug-likeness (QED) is 0.891. The van der Waals surface area contributed by atoms with Crippen molar-refractivity contribution in [3.05, 3.63) is 17.3 Å². The number of hydrogen-bond donors (Lipinski definition) is 1. The van der Waals surface area contributed by atoms with Gasteiger partial charge < -0.3 is 19.1 Å². The summed E-state index contributed by atoms with van der Waals surface area (Å²) in [5.41, 5.74) is -2.88. The Hall–Kier alpha value is -2.07. The molecule has 0 saturated carbocycles. The molecule has 2 aromatic rings. The number of hydrogen-bond acceptors (Lipinski definition) is 6. The molecule has 1 saturated heterocycles. The topological polar surface area (TPSA) is 82.5 Å². The summed E-state index contributed by atoms with van der Waals surface area (Å²) in [6, 6.07) is 1.61. The Balaban J connectivity index is 1.72. The van der Waals surface area contributed by atoms with Crippen LogP contribution in [0.25, 0.3) is 11.5 Å². The molecule has 2 aromatic heterocycles. The highest BCUT2D eigenvalue weighted by Gasteiger charge is 2.55. The van der Waals surface area contributed by atoms with Crippen molar-refractivity contribution in [3.8, 4) is 17.3 Å². The van der Waals surface area contributed by atoms with Gasteiger partial charge in [0.15, 0.2) is 5.76 Å². The van der Waals surface area contributed by atoms with Crippen LogP contribution in [0.4, 0.5) is 13.2 Å². The lowest BCUT2D eigenvalue weighted by Crippen LogP contribution is -2.40. The van der Waals surface area contributed by atoms with Gasteiger partial charge in [-0.15, -0.1) is 5.10 Å². The van der Waals surface area contributed by atoms with E-state index in [0.29, 0.717) is 38.3 Å². The van der Waals surface area contributed by atoms with E-state index in [9.17, 15) is 18.3 Å². The van der Waals surface area contributed by atoms with Gasteiger partial charge in [0, 0.05) is 30.5 Å². The standard InChI is InChI=1S/C16H18F3N3O4/c1-8-6-22-10(5-11(20-22)25-9-3-4-24-7-9)13-12(8)14(21-26-13)15(2,23)16(17,18)19/h5,8-9,23H,3-4,6-7H2,1-2H3/t8-,9-,15+/m0/s1. The molecule has 0 amide bonds. The molecule has 4 heterocycles. The van der Waals surface area contributed by atoms with Gasteiger partial charge in [-0.3, -0.25) is 4.68 Å². The first-order chi connectivity index (χ1) is 12.2. The fourth-order valence-corrected chi connectivity index (χ4v) is 3.32. The molecule has 0 aliphatic carbocycles. The van der Waals surface area contributed by atoms with Gasteiger partial charge in [0.1, 0.15) is 17.5 Å². The first-order valence-electron chi connectivity index (χ1n) is 8.30. The molecule has 26 heavy (non-hydrogen) atoms. The number of nitrogens with zero attached hydrogens (tertiary/aromatic N) is 3. The van der Waals surface area contributed by atoms with Gasteiger partial charge in [-0.1, -0.05) is 12.1 Å². The zero-order valence-electron chi connectivity index (χ0n) is 14.2. The molecule has 1 N–H and O–H groups in total. The summed E-state index contributed by atoms with van der Waals surface area (Å²) in [6.45, 7) is 3.84. The molecule has 3 atom stereocenters. The number of aromatic nitrogens is 3. The van der Waals surface area contributed by atoms with Crippen LogP contribution in [0.5, 0.6) is 5.88 Å². The zero-order valence-corrected chi connectivity index (χ0v) is 14.2. The van der Waals surface area contributed by atoms with Crippen molar-refractivity contribution in [2.24, 2.45) is 0 Å². The highest BCUT2D eigenvalue weighted by atomic mass is 19.4. The number of aliphatic hydroxyl groups is 1. The predicted molar refractivity (Wildman–Crippen MR) is 81.6 cm³/mol. The highest BCUT2D eigenvalue weighted by Crippen LogP contribution is 2.46. The van der Waals surface area contributed by atoms with Gasteiger partial charge in [-0.25, -0.2) is 0 Å². The van der Waals surface area contributed by atoms with E-state index >= 15 is 0 Å². The van der Waals surface area contributed by atoms with Crippen molar-refractivity contribution in [2.75, 3.05) is 13.2 Å². The molecule has 10 heteroatoms. The zero-order chi connectivity index (χ0) is 18.7. The maximum Gasteiger partial charge on any atom is 0.422 e. The molecular weight excluding hydrogens is 355 g/mol. The minimum Gasteiger partial charge on any atom is -0.471 e. The second-order valence-corrected chi connectivity index (χ2v) is 6.90. The lowest BCUT2D eigenvalue weighted by molar-refractivity contribution is -0.261. The summed E-state index contributed by atoms with van der Waals surface area (Å²) in [4.78, 5) is 0. The molecule has 0 bridgehead atoms. The molecule has 2 aliphatic rings. The predicted octanol–water partition coefficient (Wildman–Crippen LogP) is 2.59. The molecule has 1 fully saturated rings. The molecule has 4 rings (SSSR count). The van der Waals surface area contributed by atoms with Crippen molar-refractivity contribution in [1.82, 2.24) is 14.9 Å². The number of alkyl halides is 3. The van der Waals surface area contributed by atoms with E-state index in [1.54, 1.807) is 17.7 Å². The summed E-state index contributed by atoms with van der Waals surface area (Å²) in [5, 5.41) is 17.9. The van der Waals surface area contributed by atoms with Crippen LogP contribution in [0.2, 0.25) is 0 Å². The normalized spacial score (nSPS) is 24.8. The van der Waals surface area contributed by atoms with Crippen LogP contribution in [-0.2, 0) is 16.9 Å². The van der Waals surface area contributed by atoms with E-state index in [1.165, 1.54) is 0 Å². The Labute approximate surface area is 146 Å². The first kappa shape index (κ1) is 17.3. The van der Waals surface area contributed by atoms with E-state index in [1.807, 2.05) is 0 Å². The van der Waals surface area contributed by atoms with Crippen molar-refractivity contribution in [1.29, 1.82) is 0 Å². The fourth-order valence-electron chi connectivity index (χ4n) is 3.32. The average molecular weight is 373 g/mol. The van der Waals surface area contributed by atoms with Gasteiger partial charge in [0.05, 0.1) is 13.2 Å². The number of rotatable bonds is 3. The van der Waals surface area contributed by atoms with E-state index in [-0.39, 0.29) is 23.3 Å². The highest BCUT2D eigenvalue weighted by molar-refractivity contribution is 5.63. The van der Waals surface area contributed by atoms with Gasteiger partial charge in [0.25, 0.3) is 0 Å². The van der Waals surface area contributed by atoms with Crippen LogP contribution in [0.1, 0.15) is 37.4 Å². The average Bonchev–Trinajstić information content (AvgIpc) is 3.24. The largest absolute Gasteiger partial charge is 0.471 e. The van der Waals surface area contributed by atoms with Crippen LogP contribution in [0, 0.1) is 0 Å². The maximum atomic E-state index is 13.2. The number of ether oxygens (including phenoxy) is 2. The Morgan fingerprint density at radius 1 is 1.38 bits per heavy atom. The van der Waals surface area contributed by atoms with Crippen LogP contribution < -0.4 is 4.74 Å². The van der Waals surface area contributed by atoms with E-state index < -0.39 is 17.5 Å². The fraction of sp³-hybridized carbons (Fsp3) is 0.625. The van der Waals surface area contributed by atoms with Crippen LogP contribution in [-0.4, -0.2) is 45.5 Å². The summed E-state index contributed by atoms with van der Waals surface area (Å²) >= 11 is 0. The summed E-state index contributed by atoms with van der Waals surface area (Å²) in [7, 11) is 0. The molecule has 0 unspecified atom stereocenters. The molecule has 0 spiro atoms. The second-order valence-electron chi connectivity index (χ2n) is 6.90. The van der Waals surface area contributed by atoms with Gasteiger partial charge >= 0.3 is 6.18 Å². The SMILES string of the molecule is C[C@H]1Cn2nc(O[C@H]3CCOC3)cc2-c2onc([C@@](C)(O)C(F)(F)F)c21. The monoisotopic (exact) mass is 373 g/mol.